The van der Waals surface area contributed by atoms with Crippen LogP contribution in [0.15, 0.2) is 66.9 Å². The minimum Gasteiger partial charge on any atom is -0.373 e. The Morgan fingerprint density at radius 1 is 0.939 bits per heavy atom. The van der Waals surface area contributed by atoms with Crippen LogP contribution in [0.2, 0.25) is 0 Å². The normalized spacial score (nSPS) is 11.8. The Bertz CT molecular complexity index is 1290. The molecule has 0 radical (unpaired) electrons. The molecule has 0 fully saturated rings. The zero-order valence-electron chi connectivity index (χ0n) is 20.0. The first-order chi connectivity index (χ1) is 15.7. The van der Waals surface area contributed by atoms with Crippen molar-refractivity contribution in [1.82, 2.24) is 14.9 Å². The quantitative estimate of drug-likeness (QED) is 0.352. The number of nitrogens with zero attached hydrogens (tertiary/aromatic N) is 3. The Kier molecular flexibility index (Phi) is 6.59. The second kappa shape index (κ2) is 9.42. The highest BCUT2D eigenvalue weighted by Gasteiger charge is 2.17. The first-order valence-corrected chi connectivity index (χ1v) is 13.7. The molecule has 0 saturated carbocycles. The first-order valence-electron chi connectivity index (χ1n) is 11.1. The van der Waals surface area contributed by atoms with Gasteiger partial charge in [0.1, 0.15) is 12.8 Å². The number of H-pyrrole nitrogens is 1. The molecule has 2 aromatic carbocycles. The Labute approximate surface area is 196 Å². The van der Waals surface area contributed by atoms with Crippen molar-refractivity contribution in [2.45, 2.75) is 0 Å². The lowest BCUT2D eigenvalue weighted by atomic mass is 10.1. The van der Waals surface area contributed by atoms with Crippen LogP contribution in [0.5, 0.6) is 0 Å². The number of nitrogens with one attached hydrogen (secondary N) is 2. The van der Waals surface area contributed by atoms with Crippen LogP contribution in [0.25, 0.3) is 22.3 Å². The molecule has 6 nitrogen and oxygen atoms in total. The molecule has 0 saturated heterocycles. The van der Waals surface area contributed by atoms with E-state index < -0.39 is 7.14 Å². The van der Waals surface area contributed by atoms with Crippen LogP contribution >= 0.6 is 7.14 Å². The predicted octanol–water partition coefficient (Wildman–Crippen LogP) is 5.22. The molecule has 0 bridgehead atoms. The van der Waals surface area contributed by atoms with Crippen LogP contribution in [0, 0.1) is 0 Å². The second-order valence-electron chi connectivity index (χ2n) is 9.07. The highest BCUT2D eigenvalue weighted by molar-refractivity contribution is 7.70. The molecular formula is C26H32N5OP. The summed E-state index contributed by atoms with van der Waals surface area (Å²) in [5.74, 6) is 0. The van der Waals surface area contributed by atoms with E-state index in [0.29, 0.717) is 0 Å². The summed E-state index contributed by atoms with van der Waals surface area (Å²) in [6, 6.07) is 20.4. The lowest BCUT2D eigenvalue weighted by molar-refractivity contribution is 0.416. The summed E-state index contributed by atoms with van der Waals surface area (Å²) >= 11 is 0. The second-order valence-corrected chi connectivity index (χ2v) is 12.3. The lowest BCUT2D eigenvalue weighted by Crippen LogP contribution is -2.28. The van der Waals surface area contributed by atoms with Gasteiger partial charge in [-0.25, -0.2) is 4.98 Å². The SMILES string of the molecule is CN(C)CCN(C)c1ccc(-c2cc3c(Nc4ccccc4P(C)(C)=O)ccnc3[nH]2)cc1. The summed E-state index contributed by atoms with van der Waals surface area (Å²) in [6.07, 6.45) is 1.79. The van der Waals surface area contributed by atoms with E-state index in [2.05, 4.69) is 76.6 Å². The molecule has 0 aliphatic rings. The maximum Gasteiger partial charge on any atom is 0.139 e. The number of para-hydroxylation sites is 1. The van der Waals surface area contributed by atoms with Crippen molar-refractivity contribution in [3.05, 3.63) is 66.9 Å². The van der Waals surface area contributed by atoms with E-state index >= 15 is 0 Å². The van der Waals surface area contributed by atoms with Gasteiger partial charge in [0.25, 0.3) is 0 Å². The monoisotopic (exact) mass is 461 g/mol. The van der Waals surface area contributed by atoms with Crippen LogP contribution < -0.4 is 15.5 Å². The van der Waals surface area contributed by atoms with Crippen LogP contribution in [-0.2, 0) is 4.57 Å². The maximum absolute atomic E-state index is 12.8. The van der Waals surface area contributed by atoms with Gasteiger partial charge in [-0.05, 0) is 69.4 Å². The molecule has 172 valence electrons. The molecule has 0 aliphatic heterocycles. The van der Waals surface area contributed by atoms with Gasteiger partial charge in [0, 0.05) is 54.1 Å². The molecule has 4 aromatic rings. The number of hydrogen-bond acceptors (Lipinski definition) is 5. The highest BCUT2D eigenvalue weighted by atomic mass is 31.2. The average Bonchev–Trinajstić information content (AvgIpc) is 3.23. The van der Waals surface area contributed by atoms with Gasteiger partial charge in [-0.3, -0.25) is 0 Å². The smallest absolute Gasteiger partial charge is 0.139 e. The molecule has 0 spiro atoms. The van der Waals surface area contributed by atoms with Crippen molar-refractivity contribution >= 4 is 40.5 Å². The first kappa shape index (κ1) is 23.1. The van der Waals surface area contributed by atoms with E-state index in [0.717, 1.165) is 52.1 Å². The molecule has 0 unspecified atom stereocenters. The molecule has 0 aliphatic carbocycles. The summed E-state index contributed by atoms with van der Waals surface area (Å²) in [4.78, 5) is 12.4. The fourth-order valence-electron chi connectivity index (χ4n) is 3.86. The number of aromatic amines is 1. The number of anilines is 3. The topological polar surface area (TPSA) is 64.3 Å². The Morgan fingerprint density at radius 2 is 1.67 bits per heavy atom. The lowest BCUT2D eigenvalue weighted by Gasteiger charge is -2.21. The minimum absolute atomic E-state index is 0.816. The van der Waals surface area contributed by atoms with Gasteiger partial charge < -0.3 is 24.7 Å². The number of likely N-dealkylation sites (N-methyl/N-ethyl adjacent to an activating group) is 2. The number of aromatic nitrogens is 2. The number of hydrogen-bond donors (Lipinski definition) is 2. The van der Waals surface area contributed by atoms with Gasteiger partial charge in [0.05, 0.1) is 5.69 Å². The Balaban J connectivity index is 1.62. The molecule has 33 heavy (non-hydrogen) atoms. The summed E-state index contributed by atoms with van der Waals surface area (Å²) in [5, 5.41) is 5.33. The van der Waals surface area contributed by atoms with E-state index in [-0.39, 0.29) is 0 Å². The summed E-state index contributed by atoms with van der Waals surface area (Å²) < 4.78 is 12.8. The van der Waals surface area contributed by atoms with E-state index in [4.69, 9.17) is 0 Å². The molecule has 2 heterocycles. The number of rotatable bonds is 8. The highest BCUT2D eigenvalue weighted by Crippen LogP contribution is 2.39. The zero-order valence-corrected chi connectivity index (χ0v) is 20.9. The Hall–Kier alpha value is -3.08. The van der Waals surface area contributed by atoms with Crippen molar-refractivity contribution in [1.29, 1.82) is 0 Å². The summed E-state index contributed by atoms with van der Waals surface area (Å²) in [6.45, 7) is 5.58. The van der Waals surface area contributed by atoms with Gasteiger partial charge in [-0.15, -0.1) is 0 Å². The van der Waals surface area contributed by atoms with Crippen LogP contribution in [0.1, 0.15) is 0 Å². The third-order valence-electron chi connectivity index (χ3n) is 5.79. The van der Waals surface area contributed by atoms with Crippen molar-refractivity contribution in [2.75, 3.05) is 57.8 Å². The molecule has 4 rings (SSSR count). The number of pyridine rings is 1. The largest absolute Gasteiger partial charge is 0.373 e. The fourth-order valence-corrected chi connectivity index (χ4v) is 5.02. The van der Waals surface area contributed by atoms with Gasteiger partial charge in [-0.1, -0.05) is 24.3 Å². The van der Waals surface area contributed by atoms with Gasteiger partial charge in [0.15, 0.2) is 0 Å². The molecule has 0 amide bonds. The van der Waals surface area contributed by atoms with E-state index in [9.17, 15) is 4.57 Å². The minimum atomic E-state index is -2.41. The maximum atomic E-state index is 12.8. The Morgan fingerprint density at radius 3 is 2.36 bits per heavy atom. The summed E-state index contributed by atoms with van der Waals surface area (Å²) in [5.41, 5.74) is 5.93. The summed E-state index contributed by atoms with van der Waals surface area (Å²) in [7, 11) is 3.88. The number of benzene rings is 2. The van der Waals surface area contributed by atoms with Gasteiger partial charge in [0.2, 0.25) is 0 Å². The van der Waals surface area contributed by atoms with Gasteiger partial charge >= 0.3 is 0 Å². The van der Waals surface area contributed by atoms with Crippen LogP contribution in [0.4, 0.5) is 17.1 Å². The molecular weight excluding hydrogens is 429 g/mol. The van der Waals surface area contributed by atoms with E-state index in [1.54, 1.807) is 19.5 Å². The van der Waals surface area contributed by atoms with Gasteiger partial charge in [-0.2, -0.15) is 0 Å². The van der Waals surface area contributed by atoms with E-state index in [1.165, 1.54) is 5.69 Å². The molecule has 7 heteroatoms. The van der Waals surface area contributed by atoms with Crippen molar-refractivity contribution in [3.63, 3.8) is 0 Å². The third kappa shape index (κ3) is 5.29. The van der Waals surface area contributed by atoms with E-state index in [1.807, 2.05) is 30.3 Å². The standard InChI is InChI=1S/C26H32N5OP/c1-30(2)16-17-31(3)20-12-10-19(11-13-20)24-18-21-22(14-15-27-26(21)29-24)28-23-8-6-7-9-25(23)33(4,5)32/h6-15,18H,16-17H2,1-5H3,(H2,27,28,29). The molecule has 0 atom stereocenters. The van der Waals surface area contributed by atoms with Crippen molar-refractivity contribution in [2.24, 2.45) is 0 Å². The molecule has 2 aromatic heterocycles. The molecule has 2 N–H and O–H groups in total. The zero-order chi connectivity index (χ0) is 23.6. The van der Waals surface area contributed by atoms with Crippen LogP contribution in [0.3, 0.4) is 0 Å². The predicted molar refractivity (Wildman–Crippen MR) is 142 cm³/mol. The van der Waals surface area contributed by atoms with Crippen molar-refractivity contribution < 1.29 is 4.57 Å². The van der Waals surface area contributed by atoms with Crippen LogP contribution in [-0.4, -0.2) is 62.4 Å². The number of fused-ring (bicyclic) bond motifs is 1. The average molecular weight is 462 g/mol. The van der Waals surface area contributed by atoms with Crippen molar-refractivity contribution in [3.8, 4) is 11.3 Å². The fraction of sp³-hybridized carbons (Fsp3) is 0.269. The third-order valence-corrected chi connectivity index (χ3v) is 7.34.